The van der Waals surface area contributed by atoms with E-state index in [9.17, 15) is 14.4 Å². The van der Waals surface area contributed by atoms with Crippen LogP contribution in [0.1, 0.15) is 247 Å². The number of unbranched alkanes of at least 4 members (excludes halogenated alkanes) is 24. The predicted molar refractivity (Wildman–Crippen MR) is 230 cm³/mol. The van der Waals surface area contributed by atoms with Gasteiger partial charge in [-0.2, -0.15) is 0 Å². The number of ether oxygens (including phenoxy) is 3. The molecule has 0 saturated carbocycles. The van der Waals surface area contributed by atoms with Gasteiger partial charge in [0.2, 0.25) is 0 Å². The summed E-state index contributed by atoms with van der Waals surface area (Å²) >= 11 is 0. The van der Waals surface area contributed by atoms with Crippen LogP contribution >= 0.6 is 0 Å². The van der Waals surface area contributed by atoms with Crippen LogP contribution in [0, 0.1) is 0 Å². The number of hydrogen-bond acceptors (Lipinski definition) is 7. The molecule has 0 aliphatic rings. The van der Waals surface area contributed by atoms with E-state index < -0.39 is 0 Å². The molecule has 0 unspecified atom stereocenters. The Morgan fingerprint density at radius 1 is 0.426 bits per heavy atom. The van der Waals surface area contributed by atoms with E-state index in [1.165, 1.54) is 116 Å². The lowest BCUT2D eigenvalue weighted by molar-refractivity contribution is -0.150. The monoisotopic (exact) mass is 768 g/mol. The molecule has 0 bridgehead atoms. The Kier molecular flexibility index (Phi) is 44.5. The summed E-state index contributed by atoms with van der Waals surface area (Å²) in [5.41, 5.74) is 0. The Labute approximate surface area is 336 Å². The molecule has 0 atom stereocenters. The zero-order chi connectivity index (χ0) is 38.9. The predicted octanol–water partition coefficient (Wildman–Crippen LogP) is 13.9. The van der Waals surface area contributed by atoms with Crippen molar-refractivity contribution in [3.63, 3.8) is 0 Å². The van der Waals surface area contributed by atoms with Crippen LogP contribution in [-0.2, 0) is 28.6 Å². The summed E-state index contributed by atoms with van der Waals surface area (Å²) < 4.78 is 16.7. The van der Waals surface area contributed by atoms with Crippen LogP contribution < -0.4 is 0 Å². The smallest absolute Gasteiger partial charge is 0.306 e. The molecule has 0 aromatic heterocycles. The third-order valence-corrected chi connectivity index (χ3v) is 10.5. The Morgan fingerprint density at radius 2 is 0.815 bits per heavy atom. The van der Waals surface area contributed by atoms with Gasteiger partial charge in [0.25, 0.3) is 0 Å². The van der Waals surface area contributed by atoms with E-state index in [0.717, 1.165) is 110 Å². The minimum Gasteiger partial charge on any atom is -0.466 e. The van der Waals surface area contributed by atoms with Crippen molar-refractivity contribution in [3.8, 4) is 0 Å². The standard InChI is InChI=1S/C46H89NO6.CH4/c1-5-8-11-14-17-26-33-41-52-45(49)36-29-22-18-24-31-38-47(40-42-51-43(4)48)39-32-25-19-23-30-37-46(50)53-44(34-27-20-15-12-9-6-2)35-28-21-16-13-10-7-3;/h44H,5-42H2,1-4H3;1H4. The maximum absolute atomic E-state index is 12.7. The molecule has 322 valence electrons. The van der Waals surface area contributed by atoms with Gasteiger partial charge in [0.1, 0.15) is 12.7 Å². The summed E-state index contributed by atoms with van der Waals surface area (Å²) in [6.45, 7) is 12.0. The molecule has 0 amide bonds. The summed E-state index contributed by atoms with van der Waals surface area (Å²) in [4.78, 5) is 38.5. The minimum absolute atomic E-state index is 0. The van der Waals surface area contributed by atoms with Gasteiger partial charge < -0.3 is 14.2 Å². The van der Waals surface area contributed by atoms with Crippen LogP contribution in [0.4, 0.5) is 0 Å². The molecule has 0 radical (unpaired) electrons. The largest absolute Gasteiger partial charge is 0.466 e. The fraction of sp³-hybridized carbons (Fsp3) is 0.936. The van der Waals surface area contributed by atoms with Gasteiger partial charge in [0.15, 0.2) is 0 Å². The van der Waals surface area contributed by atoms with Crippen LogP contribution in [0.2, 0.25) is 0 Å². The molecule has 0 aromatic rings. The highest BCUT2D eigenvalue weighted by molar-refractivity contribution is 5.69. The summed E-state index contributed by atoms with van der Waals surface area (Å²) in [5.74, 6) is -0.262. The van der Waals surface area contributed by atoms with Crippen LogP contribution in [0.5, 0.6) is 0 Å². The highest BCUT2D eigenvalue weighted by Crippen LogP contribution is 2.18. The first-order chi connectivity index (χ1) is 25.9. The summed E-state index contributed by atoms with van der Waals surface area (Å²) in [6, 6.07) is 0. The number of nitrogens with zero attached hydrogens (tertiary/aromatic N) is 1. The van der Waals surface area contributed by atoms with E-state index in [4.69, 9.17) is 14.2 Å². The molecule has 0 rings (SSSR count). The van der Waals surface area contributed by atoms with Crippen molar-refractivity contribution in [2.75, 3.05) is 32.8 Å². The molecule has 7 heteroatoms. The number of carbonyl (C=O) groups is 3. The first kappa shape index (κ1) is 54.5. The number of esters is 3. The Balaban J connectivity index is 0. The first-order valence-electron chi connectivity index (χ1n) is 23.1. The highest BCUT2D eigenvalue weighted by Gasteiger charge is 2.14. The van der Waals surface area contributed by atoms with Gasteiger partial charge in [0.05, 0.1) is 6.61 Å². The quantitative estimate of drug-likeness (QED) is 0.0347. The van der Waals surface area contributed by atoms with Gasteiger partial charge in [-0.3, -0.25) is 19.3 Å². The van der Waals surface area contributed by atoms with E-state index in [2.05, 4.69) is 25.7 Å². The summed E-state index contributed by atoms with van der Waals surface area (Å²) in [5, 5.41) is 0. The van der Waals surface area contributed by atoms with Crippen molar-refractivity contribution in [2.24, 2.45) is 0 Å². The average molecular weight is 768 g/mol. The van der Waals surface area contributed by atoms with Crippen LogP contribution in [0.3, 0.4) is 0 Å². The van der Waals surface area contributed by atoms with E-state index >= 15 is 0 Å². The second kappa shape index (κ2) is 44.1. The summed E-state index contributed by atoms with van der Waals surface area (Å²) in [6.07, 6.45) is 37.9. The summed E-state index contributed by atoms with van der Waals surface area (Å²) in [7, 11) is 0. The molecule has 0 aliphatic carbocycles. The van der Waals surface area contributed by atoms with Crippen molar-refractivity contribution in [3.05, 3.63) is 0 Å². The van der Waals surface area contributed by atoms with Crippen molar-refractivity contribution in [1.82, 2.24) is 4.90 Å². The zero-order valence-corrected chi connectivity index (χ0v) is 35.8. The second-order valence-electron chi connectivity index (χ2n) is 15.8. The minimum atomic E-state index is -0.222. The van der Waals surface area contributed by atoms with E-state index in [-0.39, 0.29) is 31.4 Å². The lowest BCUT2D eigenvalue weighted by atomic mass is 10.0. The van der Waals surface area contributed by atoms with Crippen LogP contribution in [0.25, 0.3) is 0 Å². The van der Waals surface area contributed by atoms with Crippen LogP contribution in [-0.4, -0.2) is 61.8 Å². The van der Waals surface area contributed by atoms with Gasteiger partial charge in [-0.15, -0.1) is 0 Å². The lowest BCUT2D eigenvalue weighted by Crippen LogP contribution is -2.30. The molecule has 0 aliphatic heterocycles. The third kappa shape index (κ3) is 41.5. The molecule has 0 aromatic carbocycles. The fourth-order valence-corrected chi connectivity index (χ4v) is 7.05. The van der Waals surface area contributed by atoms with Gasteiger partial charge >= 0.3 is 17.9 Å². The number of carbonyl (C=O) groups excluding carboxylic acids is 3. The Hall–Kier alpha value is -1.63. The number of hydrogen-bond donors (Lipinski definition) is 0. The fourth-order valence-electron chi connectivity index (χ4n) is 7.05. The number of rotatable bonds is 42. The van der Waals surface area contributed by atoms with Crippen molar-refractivity contribution < 1.29 is 28.6 Å². The highest BCUT2D eigenvalue weighted by atomic mass is 16.5. The van der Waals surface area contributed by atoms with Crippen molar-refractivity contribution in [2.45, 2.75) is 253 Å². The molecule has 0 N–H and O–H groups in total. The molecule has 7 nitrogen and oxygen atoms in total. The lowest BCUT2D eigenvalue weighted by Gasteiger charge is -2.22. The molecular weight excluding hydrogens is 675 g/mol. The maximum Gasteiger partial charge on any atom is 0.306 e. The first-order valence-corrected chi connectivity index (χ1v) is 23.1. The third-order valence-electron chi connectivity index (χ3n) is 10.5. The second-order valence-corrected chi connectivity index (χ2v) is 15.8. The van der Waals surface area contributed by atoms with E-state index in [1.807, 2.05) is 0 Å². The molecule has 0 fully saturated rings. The van der Waals surface area contributed by atoms with E-state index in [0.29, 0.717) is 26.1 Å². The molecule has 0 heterocycles. The SMILES string of the molecule is C.CCCCCCCCCOC(=O)CCCCCCCN(CCCCCCCC(=O)OC(CCCCCCCC)CCCCCCCC)CCOC(C)=O. The van der Waals surface area contributed by atoms with Crippen molar-refractivity contribution >= 4 is 17.9 Å². The zero-order valence-electron chi connectivity index (χ0n) is 35.8. The maximum atomic E-state index is 12.7. The Morgan fingerprint density at radius 3 is 1.28 bits per heavy atom. The van der Waals surface area contributed by atoms with Gasteiger partial charge in [-0.05, 0) is 70.9 Å². The topological polar surface area (TPSA) is 82.1 Å². The molecule has 0 spiro atoms. The van der Waals surface area contributed by atoms with Crippen LogP contribution in [0.15, 0.2) is 0 Å². The van der Waals surface area contributed by atoms with Crippen molar-refractivity contribution in [1.29, 1.82) is 0 Å². The van der Waals surface area contributed by atoms with Gasteiger partial charge in [-0.25, -0.2) is 0 Å². The molecular formula is C47H93NO6. The Bertz CT molecular complexity index is 789. The van der Waals surface area contributed by atoms with Gasteiger partial charge in [0, 0.05) is 26.3 Å². The van der Waals surface area contributed by atoms with Gasteiger partial charge in [-0.1, -0.05) is 169 Å². The van der Waals surface area contributed by atoms with E-state index in [1.54, 1.807) is 0 Å². The normalized spacial score (nSPS) is 11.2. The average Bonchev–Trinajstić information content (AvgIpc) is 3.14. The molecule has 54 heavy (non-hydrogen) atoms. The molecule has 0 saturated heterocycles.